The highest BCUT2D eigenvalue weighted by Crippen LogP contribution is 2.24. The Hall–Kier alpha value is -2.97. The van der Waals surface area contributed by atoms with Crippen LogP contribution in [-0.2, 0) is 4.79 Å². The molecule has 1 unspecified atom stereocenters. The first-order valence-corrected chi connectivity index (χ1v) is 10.4. The second-order valence-electron chi connectivity index (χ2n) is 7.03. The molecule has 2 aromatic rings. The van der Waals surface area contributed by atoms with E-state index in [1.807, 2.05) is 23.1 Å². The Morgan fingerprint density at radius 1 is 1.10 bits per heavy atom. The summed E-state index contributed by atoms with van der Waals surface area (Å²) in [4.78, 5) is 26.5. The van der Waals surface area contributed by atoms with Crippen LogP contribution in [0, 0.1) is 0 Å². The fourth-order valence-corrected chi connectivity index (χ4v) is 3.86. The normalized spacial score (nSPS) is 18.4. The molecule has 9 heteroatoms. The molecule has 30 heavy (non-hydrogen) atoms. The Morgan fingerprint density at radius 2 is 1.83 bits per heavy atom. The highest BCUT2D eigenvalue weighted by atomic mass is 35.5. The second kappa shape index (κ2) is 8.81. The molecule has 1 saturated heterocycles. The van der Waals surface area contributed by atoms with Crippen molar-refractivity contribution >= 4 is 46.5 Å². The largest absolute Gasteiger partial charge is 0.332 e. The minimum absolute atomic E-state index is 0.111. The molecule has 0 bridgehead atoms. The van der Waals surface area contributed by atoms with Gasteiger partial charge in [0.1, 0.15) is 0 Å². The summed E-state index contributed by atoms with van der Waals surface area (Å²) in [6.45, 7) is 1.10. The molecule has 2 N–H and O–H groups in total. The van der Waals surface area contributed by atoms with Crippen LogP contribution in [0.1, 0.15) is 28.8 Å². The van der Waals surface area contributed by atoms with Gasteiger partial charge in [0, 0.05) is 29.1 Å². The van der Waals surface area contributed by atoms with E-state index in [9.17, 15) is 9.59 Å². The summed E-state index contributed by atoms with van der Waals surface area (Å²) in [5.41, 5.74) is 7.49. The number of rotatable bonds is 3. The lowest BCUT2D eigenvalue weighted by Gasteiger charge is -2.25. The van der Waals surface area contributed by atoms with Crippen LogP contribution in [0.15, 0.2) is 59.7 Å². The number of hydrazine groups is 1. The van der Waals surface area contributed by atoms with Crippen LogP contribution >= 0.6 is 23.8 Å². The molecule has 7 nitrogen and oxygen atoms in total. The standard InChI is InChI=1S/C21H20ClN5O2S/c22-16-10-8-14(9-11-16)19-17(26-12-4-7-18(26)28)13-27(25-19)21(30)24-23-20(29)15-5-2-1-3-6-15/h1-3,5-6,8-11,17H,4,7,12-13H2,(H,23,29)(H,24,30). The van der Waals surface area contributed by atoms with E-state index in [-0.39, 0.29) is 23.0 Å². The van der Waals surface area contributed by atoms with Gasteiger partial charge in [0.25, 0.3) is 5.91 Å². The summed E-state index contributed by atoms with van der Waals surface area (Å²) in [7, 11) is 0. The minimum atomic E-state index is -0.301. The highest BCUT2D eigenvalue weighted by Gasteiger charge is 2.38. The average molecular weight is 442 g/mol. The van der Waals surface area contributed by atoms with Gasteiger partial charge in [0.2, 0.25) is 11.0 Å². The third-order valence-corrected chi connectivity index (χ3v) is 5.63. The van der Waals surface area contributed by atoms with Crippen molar-refractivity contribution < 1.29 is 9.59 Å². The van der Waals surface area contributed by atoms with Gasteiger partial charge in [-0.2, -0.15) is 5.10 Å². The molecular formula is C21H20ClN5O2S. The highest BCUT2D eigenvalue weighted by molar-refractivity contribution is 7.80. The van der Waals surface area contributed by atoms with E-state index in [4.69, 9.17) is 23.8 Å². The molecule has 2 aliphatic heterocycles. The molecule has 1 fully saturated rings. The van der Waals surface area contributed by atoms with E-state index in [1.54, 1.807) is 41.4 Å². The van der Waals surface area contributed by atoms with Gasteiger partial charge < -0.3 is 4.90 Å². The Balaban J connectivity index is 1.50. The zero-order chi connectivity index (χ0) is 21.1. The second-order valence-corrected chi connectivity index (χ2v) is 7.85. The number of thiocarbonyl (C=S) groups is 1. The topological polar surface area (TPSA) is 77.0 Å². The van der Waals surface area contributed by atoms with Crippen LogP contribution in [0.4, 0.5) is 0 Å². The number of likely N-dealkylation sites (tertiary alicyclic amines) is 1. The van der Waals surface area contributed by atoms with E-state index in [2.05, 4.69) is 16.0 Å². The fraction of sp³-hybridized carbons (Fsp3) is 0.238. The molecule has 154 valence electrons. The summed E-state index contributed by atoms with van der Waals surface area (Å²) in [5, 5.41) is 7.13. The van der Waals surface area contributed by atoms with Crippen LogP contribution < -0.4 is 10.9 Å². The summed E-state index contributed by atoms with van der Waals surface area (Å²) >= 11 is 11.5. The molecule has 0 saturated carbocycles. The quantitative estimate of drug-likeness (QED) is 0.565. The molecule has 4 rings (SSSR count). The van der Waals surface area contributed by atoms with Gasteiger partial charge in [0.15, 0.2) is 0 Å². The Morgan fingerprint density at radius 3 is 2.50 bits per heavy atom. The van der Waals surface area contributed by atoms with Crippen molar-refractivity contribution in [1.29, 1.82) is 0 Å². The number of amides is 2. The van der Waals surface area contributed by atoms with Crippen molar-refractivity contribution in [2.75, 3.05) is 13.1 Å². The zero-order valence-corrected chi connectivity index (χ0v) is 17.6. The van der Waals surface area contributed by atoms with Crippen molar-refractivity contribution in [3.63, 3.8) is 0 Å². The predicted octanol–water partition coefficient (Wildman–Crippen LogP) is 2.57. The Bertz CT molecular complexity index is 996. The van der Waals surface area contributed by atoms with E-state index in [1.165, 1.54) is 0 Å². The lowest BCUT2D eigenvalue weighted by molar-refractivity contribution is -0.128. The summed E-state index contributed by atoms with van der Waals surface area (Å²) in [6, 6.07) is 16.0. The maximum Gasteiger partial charge on any atom is 0.269 e. The molecule has 1 atom stereocenters. The van der Waals surface area contributed by atoms with Crippen molar-refractivity contribution in [3.05, 3.63) is 70.7 Å². The van der Waals surface area contributed by atoms with Gasteiger partial charge in [-0.25, -0.2) is 5.01 Å². The molecule has 0 spiro atoms. The third kappa shape index (κ3) is 4.29. The van der Waals surface area contributed by atoms with Gasteiger partial charge in [-0.1, -0.05) is 41.9 Å². The van der Waals surface area contributed by atoms with Gasteiger partial charge in [-0.3, -0.25) is 20.4 Å². The molecule has 2 aliphatic rings. The maximum absolute atomic E-state index is 12.4. The van der Waals surface area contributed by atoms with Crippen LogP contribution in [0.5, 0.6) is 0 Å². The Labute approximate surface area is 184 Å². The van der Waals surface area contributed by atoms with Crippen LogP contribution in [-0.4, -0.2) is 51.7 Å². The maximum atomic E-state index is 12.4. The SMILES string of the molecule is O=C(NNC(=S)N1CC(N2CCCC2=O)C(c2ccc(Cl)cc2)=N1)c1ccccc1. The van der Waals surface area contributed by atoms with E-state index in [0.29, 0.717) is 30.1 Å². The smallest absolute Gasteiger partial charge is 0.269 e. The molecule has 0 radical (unpaired) electrons. The molecule has 0 aromatic heterocycles. The van der Waals surface area contributed by atoms with E-state index in [0.717, 1.165) is 17.7 Å². The summed E-state index contributed by atoms with van der Waals surface area (Å²) in [5.74, 6) is -0.190. The van der Waals surface area contributed by atoms with E-state index < -0.39 is 0 Å². The number of carbonyl (C=O) groups excluding carboxylic acids is 2. The molecule has 0 aliphatic carbocycles. The monoisotopic (exact) mass is 441 g/mol. The number of hydrogen-bond acceptors (Lipinski definition) is 4. The minimum Gasteiger partial charge on any atom is -0.332 e. The number of carbonyl (C=O) groups is 2. The fourth-order valence-electron chi connectivity index (χ4n) is 3.57. The first-order chi connectivity index (χ1) is 14.5. The predicted molar refractivity (Wildman–Crippen MR) is 119 cm³/mol. The Kier molecular flexibility index (Phi) is 5.96. The van der Waals surface area contributed by atoms with Crippen molar-refractivity contribution in [2.24, 2.45) is 5.10 Å². The van der Waals surface area contributed by atoms with Crippen molar-refractivity contribution in [1.82, 2.24) is 20.8 Å². The van der Waals surface area contributed by atoms with Gasteiger partial charge in [-0.15, -0.1) is 0 Å². The number of nitrogens with zero attached hydrogens (tertiary/aromatic N) is 3. The van der Waals surface area contributed by atoms with Crippen LogP contribution in [0.3, 0.4) is 0 Å². The molecular weight excluding hydrogens is 422 g/mol. The van der Waals surface area contributed by atoms with Gasteiger partial charge >= 0.3 is 0 Å². The molecule has 2 amide bonds. The first-order valence-electron chi connectivity index (χ1n) is 9.60. The van der Waals surface area contributed by atoms with Gasteiger partial charge in [-0.05, 0) is 42.9 Å². The summed E-state index contributed by atoms with van der Waals surface area (Å²) in [6.07, 6.45) is 1.37. The lowest BCUT2D eigenvalue weighted by Crippen LogP contribution is -2.49. The molecule has 2 heterocycles. The van der Waals surface area contributed by atoms with Crippen LogP contribution in [0.25, 0.3) is 0 Å². The zero-order valence-electron chi connectivity index (χ0n) is 16.0. The van der Waals surface area contributed by atoms with Crippen molar-refractivity contribution in [3.8, 4) is 0 Å². The third-order valence-electron chi connectivity index (χ3n) is 5.07. The lowest BCUT2D eigenvalue weighted by atomic mass is 10.0. The van der Waals surface area contributed by atoms with Crippen molar-refractivity contribution in [2.45, 2.75) is 18.9 Å². The summed E-state index contributed by atoms with van der Waals surface area (Å²) < 4.78 is 0. The van der Waals surface area contributed by atoms with Gasteiger partial charge in [0.05, 0.1) is 18.3 Å². The number of nitrogens with one attached hydrogen (secondary N) is 2. The van der Waals surface area contributed by atoms with E-state index >= 15 is 0 Å². The molecule has 2 aromatic carbocycles. The number of hydrazone groups is 1. The first kappa shape index (κ1) is 20.3. The average Bonchev–Trinajstić information content (AvgIpc) is 3.39. The number of halogens is 1. The van der Waals surface area contributed by atoms with Crippen LogP contribution in [0.2, 0.25) is 5.02 Å². The number of hydrogen-bond donors (Lipinski definition) is 2. The number of benzene rings is 2.